The van der Waals surface area contributed by atoms with Gasteiger partial charge < -0.3 is 10.1 Å². The molecule has 4 rings (SSSR count). The van der Waals surface area contributed by atoms with Gasteiger partial charge in [0, 0.05) is 24.3 Å². The standard InChI is InChI=1S/C20H21N3O4S2/c1-13-10-23(11-14(2)27-13)29(25,26)17-6-4-16(5-7-17)22-20(24)15-3-8-18-19(9-15)28-12-21-18/h3-9,12-14H,10-11H2,1-2H3,(H,22,24). The normalized spacial score (nSPS) is 20.6. The van der Waals surface area contributed by atoms with Crippen LogP contribution >= 0.6 is 11.3 Å². The maximum atomic E-state index is 12.9. The summed E-state index contributed by atoms with van der Waals surface area (Å²) in [5.41, 5.74) is 3.64. The van der Waals surface area contributed by atoms with Gasteiger partial charge in [0.1, 0.15) is 0 Å². The summed E-state index contributed by atoms with van der Waals surface area (Å²) < 4.78 is 33.8. The number of thiazole rings is 1. The molecule has 3 aromatic rings. The van der Waals surface area contributed by atoms with Gasteiger partial charge in [0.05, 0.1) is 32.8 Å². The number of ether oxygens (including phenoxy) is 1. The minimum atomic E-state index is -3.61. The molecule has 1 saturated heterocycles. The summed E-state index contributed by atoms with van der Waals surface area (Å²) in [4.78, 5) is 16.9. The Balaban J connectivity index is 1.49. The van der Waals surface area contributed by atoms with Gasteiger partial charge in [-0.1, -0.05) is 0 Å². The zero-order valence-electron chi connectivity index (χ0n) is 16.0. The van der Waals surface area contributed by atoms with E-state index in [9.17, 15) is 13.2 Å². The molecule has 1 fully saturated rings. The Bertz CT molecular complexity index is 1130. The van der Waals surface area contributed by atoms with E-state index in [0.29, 0.717) is 24.3 Å². The highest BCUT2D eigenvalue weighted by molar-refractivity contribution is 7.89. The molecule has 29 heavy (non-hydrogen) atoms. The Morgan fingerprint density at radius 3 is 2.52 bits per heavy atom. The first-order valence-electron chi connectivity index (χ1n) is 9.23. The van der Waals surface area contributed by atoms with Gasteiger partial charge in [-0.15, -0.1) is 11.3 Å². The molecule has 0 spiro atoms. The number of anilines is 1. The number of rotatable bonds is 4. The van der Waals surface area contributed by atoms with E-state index in [-0.39, 0.29) is 23.0 Å². The number of sulfonamides is 1. The van der Waals surface area contributed by atoms with Crippen LogP contribution in [0.4, 0.5) is 5.69 Å². The number of carbonyl (C=O) groups excluding carboxylic acids is 1. The largest absolute Gasteiger partial charge is 0.373 e. The van der Waals surface area contributed by atoms with Gasteiger partial charge in [0.15, 0.2) is 0 Å². The average molecular weight is 432 g/mol. The number of amides is 1. The molecule has 7 nitrogen and oxygen atoms in total. The van der Waals surface area contributed by atoms with Crippen LogP contribution in [0.15, 0.2) is 52.9 Å². The van der Waals surface area contributed by atoms with Crippen molar-refractivity contribution >= 4 is 43.2 Å². The molecule has 2 heterocycles. The fourth-order valence-electron chi connectivity index (χ4n) is 3.39. The van der Waals surface area contributed by atoms with E-state index < -0.39 is 10.0 Å². The topological polar surface area (TPSA) is 88.6 Å². The predicted molar refractivity (Wildman–Crippen MR) is 113 cm³/mol. The third-order valence-corrected chi connectivity index (χ3v) is 7.37. The summed E-state index contributed by atoms with van der Waals surface area (Å²) in [7, 11) is -3.61. The van der Waals surface area contributed by atoms with Crippen molar-refractivity contribution in [2.75, 3.05) is 18.4 Å². The molecule has 1 amide bonds. The Labute approximate surface area is 173 Å². The Morgan fingerprint density at radius 2 is 1.83 bits per heavy atom. The van der Waals surface area contributed by atoms with Crippen molar-refractivity contribution in [1.82, 2.24) is 9.29 Å². The molecular weight excluding hydrogens is 410 g/mol. The lowest BCUT2D eigenvalue weighted by Gasteiger charge is -2.34. The molecule has 1 N–H and O–H groups in total. The number of hydrogen-bond acceptors (Lipinski definition) is 6. The monoisotopic (exact) mass is 431 g/mol. The number of benzene rings is 2. The fraction of sp³-hybridized carbons (Fsp3) is 0.300. The summed E-state index contributed by atoms with van der Waals surface area (Å²) in [5, 5.41) is 2.80. The number of nitrogens with one attached hydrogen (secondary N) is 1. The highest BCUT2D eigenvalue weighted by Crippen LogP contribution is 2.23. The van der Waals surface area contributed by atoms with Crippen LogP contribution in [0.3, 0.4) is 0 Å². The summed E-state index contributed by atoms with van der Waals surface area (Å²) in [6, 6.07) is 11.6. The number of aromatic nitrogens is 1. The van der Waals surface area contributed by atoms with E-state index in [4.69, 9.17) is 4.74 Å². The molecule has 0 radical (unpaired) electrons. The Kier molecular flexibility index (Phi) is 5.39. The van der Waals surface area contributed by atoms with Crippen LogP contribution in [0.5, 0.6) is 0 Å². The first kappa shape index (κ1) is 20.0. The first-order chi connectivity index (χ1) is 13.8. The van der Waals surface area contributed by atoms with Gasteiger partial charge in [-0.05, 0) is 56.3 Å². The van der Waals surface area contributed by atoms with E-state index in [1.165, 1.54) is 27.8 Å². The molecule has 2 atom stereocenters. The molecule has 2 aromatic carbocycles. The van der Waals surface area contributed by atoms with Crippen molar-refractivity contribution in [3.63, 3.8) is 0 Å². The third kappa shape index (κ3) is 4.18. The molecule has 1 aliphatic heterocycles. The zero-order chi connectivity index (χ0) is 20.6. The molecule has 1 aliphatic rings. The molecule has 152 valence electrons. The second kappa shape index (κ2) is 7.83. The number of nitrogens with zero attached hydrogens (tertiary/aromatic N) is 2. The highest BCUT2D eigenvalue weighted by Gasteiger charge is 2.32. The van der Waals surface area contributed by atoms with Crippen molar-refractivity contribution in [3.8, 4) is 0 Å². The van der Waals surface area contributed by atoms with Crippen LogP contribution in [-0.4, -0.2) is 48.9 Å². The van der Waals surface area contributed by atoms with E-state index in [1.54, 1.807) is 35.8 Å². The fourth-order valence-corrected chi connectivity index (χ4v) is 5.69. The van der Waals surface area contributed by atoms with Crippen molar-refractivity contribution in [2.45, 2.75) is 31.0 Å². The van der Waals surface area contributed by atoms with E-state index >= 15 is 0 Å². The van der Waals surface area contributed by atoms with E-state index in [0.717, 1.165) is 10.2 Å². The molecule has 0 bridgehead atoms. The number of carbonyl (C=O) groups is 1. The average Bonchev–Trinajstić information content (AvgIpc) is 3.15. The van der Waals surface area contributed by atoms with Gasteiger partial charge in [-0.2, -0.15) is 4.31 Å². The van der Waals surface area contributed by atoms with Crippen LogP contribution < -0.4 is 5.32 Å². The summed E-state index contributed by atoms with van der Waals surface area (Å²) in [5.74, 6) is -0.258. The smallest absolute Gasteiger partial charge is 0.255 e. The lowest BCUT2D eigenvalue weighted by molar-refractivity contribution is -0.0440. The molecule has 0 saturated carbocycles. The van der Waals surface area contributed by atoms with Gasteiger partial charge >= 0.3 is 0 Å². The van der Waals surface area contributed by atoms with Crippen molar-refractivity contribution in [2.24, 2.45) is 0 Å². The number of fused-ring (bicyclic) bond motifs is 1. The van der Waals surface area contributed by atoms with Crippen molar-refractivity contribution in [1.29, 1.82) is 0 Å². The van der Waals surface area contributed by atoms with Crippen LogP contribution in [0.2, 0.25) is 0 Å². The summed E-state index contributed by atoms with van der Waals surface area (Å²) >= 11 is 1.47. The minimum Gasteiger partial charge on any atom is -0.373 e. The maximum Gasteiger partial charge on any atom is 0.255 e. The molecule has 0 aliphatic carbocycles. The zero-order valence-corrected chi connectivity index (χ0v) is 17.7. The van der Waals surface area contributed by atoms with E-state index in [2.05, 4.69) is 10.3 Å². The molecule has 9 heteroatoms. The lowest BCUT2D eigenvalue weighted by atomic mass is 10.2. The van der Waals surface area contributed by atoms with Crippen LogP contribution in [0.1, 0.15) is 24.2 Å². The molecule has 1 aromatic heterocycles. The van der Waals surface area contributed by atoms with Crippen molar-refractivity contribution < 1.29 is 17.9 Å². The Hall–Kier alpha value is -2.33. The quantitative estimate of drug-likeness (QED) is 0.684. The first-order valence-corrected chi connectivity index (χ1v) is 11.5. The Morgan fingerprint density at radius 1 is 1.14 bits per heavy atom. The van der Waals surface area contributed by atoms with Crippen LogP contribution in [0.25, 0.3) is 10.2 Å². The SMILES string of the molecule is CC1CN(S(=O)(=O)c2ccc(NC(=O)c3ccc4ncsc4c3)cc2)CC(C)O1. The second-order valence-electron chi connectivity index (χ2n) is 7.09. The van der Waals surface area contributed by atoms with Crippen LogP contribution in [0, 0.1) is 0 Å². The van der Waals surface area contributed by atoms with Gasteiger partial charge in [-0.3, -0.25) is 4.79 Å². The van der Waals surface area contributed by atoms with E-state index in [1.807, 2.05) is 13.8 Å². The maximum absolute atomic E-state index is 12.9. The van der Waals surface area contributed by atoms with Gasteiger partial charge in [0.25, 0.3) is 5.91 Å². The molecule has 2 unspecified atom stereocenters. The second-order valence-corrected chi connectivity index (χ2v) is 9.92. The lowest BCUT2D eigenvalue weighted by Crippen LogP contribution is -2.48. The highest BCUT2D eigenvalue weighted by atomic mass is 32.2. The number of hydrogen-bond donors (Lipinski definition) is 1. The predicted octanol–water partition coefficient (Wildman–Crippen LogP) is 3.35. The summed E-state index contributed by atoms with van der Waals surface area (Å²) in [6.45, 7) is 4.37. The summed E-state index contributed by atoms with van der Waals surface area (Å²) in [6.07, 6.45) is -0.300. The van der Waals surface area contributed by atoms with Gasteiger partial charge in [0.2, 0.25) is 10.0 Å². The van der Waals surface area contributed by atoms with Crippen LogP contribution in [-0.2, 0) is 14.8 Å². The molecular formula is C20H21N3O4S2. The van der Waals surface area contributed by atoms with Gasteiger partial charge in [-0.25, -0.2) is 13.4 Å². The number of morpholine rings is 1. The van der Waals surface area contributed by atoms with Crippen molar-refractivity contribution in [3.05, 3.63) is 53.5 Å². The third-order valence-electron chi connectivity index (χ3n) is 4.73. The minimum absolute atomic E-state index is 0.150.